The molecular formula is C20H27FN2O4. The second-order valence-corrected chi connectivity index (χ2v) is 7.13. The fourth-order valence-corrected chi connectivity index (χ4v) is 3.66. The fraction of sp³-hybridized carbons (Fsp3) is 0.550. The van der Waals surface area contributed by atoms with Crippen LogP contribution < -0.4 is 0 Å². The van der Waals surface area contributed by atoms with E-state index in [1.807, 2.05) is 6.92 Å². The Labute approximate surface area is 158 Å². The number of carboxylic acid groups (broad SMARTS) is 1. The summed E-state index contributed by atoms with van der Waals surface area (Å²) in [5.41, 5.74) is 0.530. The second-order valence-electron chi connectivity index (χ2n) is 7.13. The molecule has 0 spiro atoms. The lowest BCUT2D eigenvalue weighted by Crippen LogP contribution is -2.43. The molecule has 148 valence electrons. The Morgan fingerprint density at radius 3 is 2.59 bits per heavy atom. The predicted molar refractivity (Wildman–Crippen MR) is 98.7 cm³/mol. The smallest absolute Gasteiger partial charge is 0.323 e. The van der Waals surface area contributed by atoms with Crippen LogP contribution in [-0.4, -0.2) is 58.4 Å². The van der Waals surface area contributed by atoms with E-state index < -0.39 is 5.97 Å². The average Bonchev–Trinajstić information content (AvgIpc) is 2.85. The number of likely N-dealkylation sites (tertiary alicyclic amines) is 1. The molecule has 1 fully saturated rings. The number of carbonyl (C=O) groups excluding carboxylic acids is 2. The van der Waals surface area contributed by atoms with Gasteiger partial charge in [-0.2, -0.15) is 0 Å². The van der Waals surface area contributed by atoms with Crippen LogP contribution in [0.4, 0.5) is 4.39 Å². The largest absolute Gasteiger partial charge is 0.480 e. The van der Waals surface area contributed by atoms with E-state index in [4.69, 9.17) is 5.11 Å². The second kappa shape index (κ2) is 9.48. The Hall–Kier alpha value is -2.44. The van der Waals surface area contributed by atoms with Gasteiger partial charge in [0.2, 0.25) is 11.8 Å². The highest BCUT2D eigenvalue weighted by Gasteiger charge is 2.28. The molecule has 1 aliphatic rings. The minimum absolute atomic E-state index is 0.0426. The zero-order valence-electron chi connectivity index (χ0n) is 15.9. The summed E-state index contributed by atoms with van der Waals surface area (Å²) in [6, 6.07) is 6.29. The highest BCUT2D eigenvalue weighted by molar-refractivity contribution is 5.80. The lowest BCUT2D eigenvalue weighted by Gasteiger charge is -2.29. The topological polar surface area (TPSA) is 77.9 Å². The highest BCUT2D eigenvalue weighted by Crippen LogP contribution is 2.24. The van der Waals surface area contributed by atoms with Gasteiger partial charge in [0.15, 0.2) is 0 Å². The number of nitrogens with zero attached hydrogens (tertiary/aromatic N) is 2. The van der Waals surface area contributed by atoms with Crippen LogP contribution in [0.3, 0.4) is 0 Å². The van der Waals surface area contributed by atoms with Crippen LogP contribution in [0.25, 0.3) is 0 Å². The molecule has 0 bridgehead atoms. The Kier molecular flexibility index (Phi) is 7.33. The van der Waals surface area contributed by atoms with Crippen molar-refractivity contribution in [3.63, 3.8) is 0 Å². The van der Waals surface area contributed by atoms with Crippen LogP contribution in [0.2, 0.25) is 0 Å². The lowest BCUT2D eigenvalue weighted by atomic mass is 9.96. The van der Waals surface area contributed by atoms with Crippen LogP contribution in [0.5, 0.6) is 0 Å². The summed E-state index contributed by atoms with van der Waals surface area (Å²) in [6.07, 6.45) is 2.14. The van der Waals surface area contributed by atoms with Crippen molar-refractivity contribution in [2.75, 3.05) is 19.6 Å². The number of halogens is 1. The summed E-state index contributed by atoms with van der Waals surface area (Å²) in [5, 5.41) is 9.01. The first kappa shape index (κ1) is 20.9. The zero-order valence-corrected chi connectivity index (χ0v) is 15.9. The van der Waals surface area contributed by atoms with Crippen molar-refractivity contribution in [1.82, 2.24) is 9.80 Å². The van der Waals surface area contributed by atoms with E-state index >= 15 is 0 Å². The number of rotatable bonds is 6. The van der Waals surface area contributed by atoms with Gasteiger partial charge in [-0.05, 0) is 36.8 Å². The van der Waals surface area contributed by atoms with Crippen molar-refractivity contribution >= 4 is 17.8 Å². The maximum absolute atomic E-state index is 13.9. The molecule has 0 saturated carbocycles. The summed E-state index contributed by atoms with van der Waals surface area (Å²) < 4.78 is 13.9. The average molecular weight is 378 g/mol. The van der Waals surface area contributed by atoms with Crippen LogP contribution in [-0.2, 0) is 14.4 Å². The van der Waals surface area contributed by atoms with E-state index in [-0.39, 0.29) is 42.6 Å². The van der Waals surface area contributed by atoms with Gasteiger partial charge in [0.1, 0.15) is 12.4 Å². The molecule has 0 radical (unpaired) electrons. The lowest BCUT2D eigenvalue weighted by molar-refractivity contribution is -0.145. The Morgan fingerprint density at radius 1 is 1.26 bits per heavy atom. The van der Waals surface area contributed by atoms with Crippen molar-refractivity contribution in [2.24, 2.45) is 0 Å². The molecule has 0 aliphatic carbocycles. The number of carbonyl (C=O) groups is 3. The minimum Gasteiger partial charge on any atom is -0.480 e. The standard InChI is InChI=1S/C20H27FN2O4/c1-14(17-7-3-4-8-18(17)21)12-19(25)22-10-5-6-16(9-11-22)23(15(2)24)13-20(26)27/h3-4,7-8,14,16H,5-6,9-13H2,1-2H3,(H,26,27). The Balaban J connectivity index is 1.96. The van der Waals surface area contributed by atoms with Gasteiger partial charge in [0.25, 0.3) is 0 Å². The van der Waals surface area contributed by atoms with Gasteiger partial charge in [0, 0.05) is 32.5 Å². The molecule has 0 aromatic heterocycles. The Morgan fingerprint density at radius 2 is 1.96 bits per heavy atom. The molecule has 2 atom stereocenters. The van der Waals surface area contributed by atoms with Gasteiger partial charge < -0.3 is 14.9 Å². The van der Waals surface area contributed by atoms with Crippen molar-refractivity contribution in [2.45, 2.75) is 51.5 Å². The third kappa shape index (κ3) is 5.77. The molecule has 2 rings (SSSR count). The molecule has 1 heterocycles. The maximum Gasteiger partial charge on any atom is 0.323 e. The summed E-state index contributed by atoms with van der Waals surface area (Å²) in [7, 11) is 0. The van der Waals surface area contributed by atoms with Crippen LogP contribution in [0.15, 0.2) is 24.3 Å². The summed E-state index contributed by atoms with van der Waals surface area (Å²) in [5.74, 6) is -1.88. The van der Waals surface area contributed by atoms with Gasteiger partial charge in [-0.1, -0.05) is 25.1 Å². The van der Waals surface area contributed by atoms with E-state index in [0.717, 1.165) is 0 Å². The van der Waals surface area contributed by atoms with Gasteiger partial charge in [-0.3, -0.25) is 14.4 Å². The maximum atomic E-state index is 13.9. The number of benzene rings is 1. The zero-order chi connectivity index (χ0) is 20.0. The normalized spacial score (nSPS) is 18.5. The van der Waals surface area contributed by atoms with Crippen molar-refractivity contribution in [3.05, 3.63) is 35.6 Å². The first-order valence-corrected chi connectivity index (χ1v) is 9.30. The summed E-state index contributed by atoms with van der Waals surface area (Å²) in [4.78, 5) is 38.6. The molecule has 7 heteroatoms. The monoisotopic (exact) mass is 378 g/mol. The van der Waals surface area contributed by atoms with Crippen LogP contribution in [0, 0.1) is 5.82 Å². The fourth-order valence-electron chi connectivity index (χ4n) is 3.66. The molecular weight excluding hydrogens is 351 g/mol. The van der Waals surface area contributed by atoms with Gasteiger partial charge >= 0.3 is 5.97 Å². The van der Waals surface area contributed by atoms with Gasteiger partial charge in [-0.15, -0.1) is 0 Å². The molecule has 27 heavy (non-hydrogen) atoms. The number of aliphatic carboxylic acids is 1. The molecule has 1 N–H and O–H groups in total. The first-order valence-electron chi connectivity index (χ1n) is 9.30. The van der Waals surface area contributed by atoms with E-state index in [9.17, 15) is 18.8 Å². The quantitative estimate of drug-likeness (QED) is 0.825. The van der Waals surface area contributed by atoms with Crippen molar-refractivity contribution < 1.29 is 23.9 Å². The molecule has 1 aromatic carbocycles. The van der Waals surface area contributed by atoms with Gasteiger partial charge in [-0.25, -0.2) is 4.39 Å². The number of hydrogen-bond acceptors (Lipinski definition) is 3. The van der Waals surface area contributed by atoms with E-state index in [0.29, 0.717) is 37.9 Å². The summed E-state index contributed by atoms with van der Waals surface area (Å²) >= 11 is 0. The van der Waals surface area contributed by atoms with E-state index in [2.05, 4.69) is 0 Å². The predicted octanol–water partition coefficient (Wildman–Crippen LogP) is 2.63. The van der Waals surface area contributed by atoms with E-state index in [1.165, 1.54) is 17.9 Å². The van der Waals surface area contributed by atoms with Crippen LogP contribution in [0.1, 0.15) is 51.0 Å². The van der Waals surface area contributed by atoms with Gasteiger partial charge in [0.05, 0.1) is 0 Å². The van der Waals surface area contributed by atoms with Crippen molar-refractivity contribution in [1.29, 1.82) is 0 Å². The molecule has 1 aliphatic heterocycles. The first-order chi connectivity index (χ1) is 12.8. The third-order valence-corrected chi connectivity index (χ3v) is 5.12. The van der Waals surface area contributed by atoms with Crippen molar-refractivity contribution in [3.8, 4) is 0 Å². The highest BCUT2D eigenvalue weighted by atomic mass is 19.1. The Bertz CT molecular complexity index is 694. The minimum atomic E-state index is -1.04. The molecule has 2 amide bonds. The SMILES string of the molecule is CC(=O)N(CC(=O)O)C1CCCN(C(=O)CC(C)c2ccccc2F)CC1. The number of amides is 2. The molecule has 1 aromatic rings. The molecule has 2 unspecified atom stereocenters. The van der Waals surface area contributed by atoms with E-state index in [1.54, 1.807) is 23.1 Å². The summed E-state index contributed by atoms with van der Waals surface area (Å²) in [6.45, 7) is 3.92. The molecule has 1 saturated heterocycles. The number of carboxylic acids is 1. The third-order valence-electron chi connectivity index (χ3n) is 5.12. The van der Waals surface area contributed by atoms with Crippen LogP contribution >= 0.6 is 0 Å². The number of hydrogen-bond donors (Lipinski definition) is 1. The molecule has 6 nitrogen and oxygen atoms in total.